The molecule has 1 fully saturated rings. The third-order valence-electron chi connectivity index (χ3n) is 3.98. The molecule has 1 aliphatic heterocycles. The van der Waals surface area contributed by atoms with Crippen LogP contribution in [0.3, 0.4) is 0 Å². The highest BCUT2D eigenvalue weighted by atomic mass is 79.9. The van der Waals surface area contributed by atoms with Crippen molar-refractivity contribution in [3.05, 3.63) is 28.7 Å². The maximum Gasteiger partial charge on any atom is 0.243 e. The van der Waals surface area contributed by atoms with Gasteiger partial charge in [-0.1, -0.05) is 22.9 Å². The summed E-state index contributed by atoms with van der Waals surface area (Å²) in [6.45, 7) is 3.72. The van der Waals surface area contributed by atoms with Crippen molar-refractivity contribution in [1.29, 1.82) is 0 Å². The summed E-state index contributed by atoms with van der Waals surface area (Å²) in [7, 11) is -6.86. The number of rotatable bonds is 5. The predicted molar refractivity (Wildman–Crippen MR) is 90.0 cm³/mol. The van der Waals surface area contributed by atoms with Crippen LogP contribution in [0.1, 0.15) is 26.7 Å². The quantitative estimate of drug-likeness (QED) is 0.748. The molecule has 1 aromatic rings. The van der Waals surface area contributed by atoms with Crippen LogP contribution >= 0.6 is 15.9 Å². The van der Waals surface area contributed by atoms with E-state index in [9.17, 15) is 16.8 Å². The van der Waals surface area contributed by atoms with E-state index in [4.69, 9.17) is 0 Å². The van der Waals surface area contributed by atoms with Gasteiger partial charge in [0.05, 0.1) is 16.4 Å². The molecule has 8 heteroatoms. The number of halogens is 1. The van der Waals surface area contributed by atoms with Crippen molar-refractivity contribution >= 4 is 35.8 Å². The first kappa shape index (κ1) is 17.9. The van der Waals surface area contributed by atoms with Gasteiger partial charge in [0, 0.05) is 16.6 Å². The molecule has 1 aromatic carbocycles. The van der Waals surface area contributed by atoms with Gasteiger partial charge < -0.3 is 0 Å². The second kappa shape index (κ2) is 6.59. The minimum absolute atomic E-state index is 0.0560. The third-order valence-corrected chi connectivity index (χ3v) is 8.34. The zero-order valence-corrected chi connectivity index (χ0v) is 15.8. The van der Waals surface area contributed by atoms with E-state index in [1.165, 1.54) is 16.4 Å². The van der Waals surface area contributed by atoms with Gasteiger partial charge in [0.25, 0.3) is 0 Å². The Balaban J connectivity index is 2.43. The van der Waals surface area contributed by atoms with Crippen LogP contribution in [-0.2, 0) is 19.9 Å². The Morgan fingerprint density at radius 1 is 1.32 bits per heavy atom. The zero-order valence-electron chi connectivity index (χ0n) is 12.6. The van der Waals surface area contributed by atoms with Gasteiger partial charge in [-0.15, -0.1) is 0 Å². The van der Waals surface area contributed by atoms with E-state index < -0.39 is 25.9 Å². The summed E-state index contributed by atoms with van der Waals surface area (Å²) in [6, 6.07) is 5.71. The molecule has 0 radical (unpaired) electrons. The average molecular weight is 410 g/mol. The fraction of sp³-hybridized carbons (Fsp3) is 0.571. The standard InChI is InChI=1S/C14H20BrNO4S2/c1-3-11(2)16(13-8-9-21(17,18)10-13)22(19,20)14-6-4-12(15)5-7-14/h4-7,11,13H,3,8-10H2,1-2H3/t11-,13+/m1/s1. The summed E-state index contributed by atoms with van der Waals surface area (Å²) < 4.78 is 51.6. The Kier molecular flexibility index (Phi) is 5.36. The second-order valence-electron chi connectivity index (χ2n) is 5.60. The number of sulfone groups is 1. The monoisotopic (exact) mass is 409 g/mol. The Morgan fingerprint density at radius 2 is 1.91 bits per heavy atom. The number of hydrogen-bond donors (Lipinski definition) is 0. The molecule has 0 aromatic heterocycles. The van der Waals surface area contributed by atoms with Crippen molar-refractivity contribution in [2.75, 3.05) is 11.5 Å². The van der Waals surface area contributed by atoms with Gasteiger partial charge in [0.2, 0.25) is 10.0 Å². The minimum Gasteiger partial charge on any atom is -0.229 e. The molecular formula is C14H20BrNO4S2. The summed E-state index contributed by atoms with van der Waals surface area (Å²) >= 11 is 3.29. The van der Waals surface area contributed by atoms with Crippen molar-refractivity contribution in [2.45, 2.75) is 43.7 Å². The summed E-state index contributed by atoms with van der Waals surface area (Å²) in [5, 5.41) is 0. The Morgan fingerprint density at radius 3 is 2.36 bits per heavy atom. The van der Waals surface area contributed by atoms with Crippen LogP contribution in [0.25, 0.3) is 0 Å². The van der Waals surface area contributed by atoms with Crippen molar-refractivity contribution in [2.24, 2.45) is 0 Å². The molecule has 0 aliphatic carbocycles. The number of nitrogens with zero attached hydrogens (tertiary/aromatic N) is 1. The van der Waals surface area contributed by atoms with E-state index in [1.807, 2.05) is 13.8 Å². The number of hydrogen-bond acceptors (Lipinski definition) is 4. The highest BCUT2D eigenvalue weighted by molar-refractivity contribution is 9.10. The molecule has 124 valence electrons. The van der Waals surface area contributed by atoms with E-state index in [0.29, 0.717) is 12.8 Å². The molecule has 1 aliphatic rings. The molecule has 2 rings (SSSR count). The van der Waals surface area contributed by atoms with Gasteiger partial charge in [-0.25, -0.2) is 16.8 Å². The molecule has 0 amide bonds. The fourth-order valence-corrected chi connectivity index (χ4v) is 6.67. The Labute approximate surface area is 140 Å². The summed E-state index contributed by atoms with van der Waals surface area (Å²) in [5.74, 6) is -0.0342. The second-order valence-corrected chi connectivity index (χ2v) is 10.6. The zero-order chi connectivity index (χ0) is 16.5. The Hall–Kier alpha value is -0.440. The molecular weight excluding hydrogens is 390 g/mol. The van der Waals surface area contributed by atoms with Gasteiger partial charge in [-0.2, -0.15) is 4.31 Å². The van der Waals surface area contributed by atoms with E-state index in [0.717, 1.165) is 4.47 Å². The maximum atomic E-state index is 13.0. The third kappa shape index (κ3) is 3.72. The van der Waals surface area contributed by atoms with Crippen molar-refractivity contribution in [3.63, 3.8) is 0 Å². The lowest BCUT2D eigenvalue weighted by atomic mass is 10.2. The lowest BCUT2D eigenvalue weighted by Crippen LogP contribution is -2.46. The van der Waals surface area contributed by atoms with Crippen LogP contribution in [0.2, 0.25) is 0 Å². The summed E-state index contributed by atoms with van der Waals surface area (Å²) in [4.78, 5) is 0.195. The molecule has 1 heterocycles. The van der Waals surface area contributed by atoms with Crippen LogP contribution in [0.4, 0.5) is 0 Å². The van der Waals surface area contributed by atoms with Gasteiger partial charge in [0.1, 0.15) is 0 Å². The lowest BCUT2D eigenvalue weighted by molar-refractivity contribution is 0.271. The smallest absolute Gasteiger partial charge is 0.229 e. The van der Waals surface area contributed by atoms with Crippen molar-refractivity contribution in [3.8, 4) is 0 Å². The van der Waals surface area contributed by atoms with Crippen LogP contribution in [0.15, 0.2) is 33.6 Å². The predicted octanol–water partition coefficient (Wildman–Crippen LogP) is 2.43. The molecule has 1 saturated heterocycles. The average Bonchev–Trinajstić information content (AvgIpc) is 2.78. The molecule has 0 saturated carbocycles. The number of sulfonamides is 1. The molecule has 0 spiro atoms. The van der Waals surface area contributed by atoms with Gasteiger partial charge in [0.15, 0.2) is 9.84 Å². The van der Waals surface area contributed by atoms with E-state index in [1.54, 1.807) is 12.1 Å². The fourth-order valence-electron chi connectivity index (χ4n) is 2.68. The largest absolute Gasteiger partial charge is 0.243 e. The number of benzene rings is 1. The van der Waals surface area contributed by atoms with Crippen LogP contribution in [-0.4, -0.2) is 44.7 Å². The molecule has 0 bridgehead atoms. The molecule has 0 N–H and O–H groups in total. The first-order valence-corrected chi connectivity index (χ1v) is 11.2. The van der Waals surface area contributed by atoms with Gasteiger partial charge in [-0.05, 0) is 44.0 Å². The topological polar surface area (TPSA) is 71.5 Å². The van der Waals surface area contributed by atoms with Crippen molar-refractivity contribution < 1.29 is 16.8 Å². The molecule has 0 unspecified atom stereocenters. The SMILES string of the molecule is CC[C@@H](C)N([C@H]1CCS(=O)(=O)C1)S(=O)(=O)c1ccc(Br)cc1. The summed E-state index contributed by atoms with van der Waals surface area (Å²) in [5.41, 5.74) is 0. The minimum atomic E-state index is -3.71. The lowest BCUT2D eigenvalue weighted by Gasteiger charge is -2.32. The Bertz CT molecular complexity index is 729. The molecule has 2 atom stereocenters. The maximum absolute atomic E-state index is 13.0. The normalized spacial score (nSPS) is 22.8. The first-order chi connectivity index (χ1) is 10.2. The van der Waals surface area contributed by atoms with E-state index in [2.05, 4.69) is 15.9 Å². The molecule has 5 nitrogen and oxygen atoms in total. The van der Waals surface area contributed by atoms with Crippen LogP contribution < -0.4 is 0 Å². The highest BCUT2D eigenvalue weighted by Crippen LogP contribution is 2.28. The van der Waals surface area contributed by atoms with Crippen molar-refractivity contribution in [1.82, 2.24) is 4.31 Å². The molecule has 22 heavy (non-hydrogen) atoms. The van der Waals surface area contributed by atoms with Crippen LogP contribution in [0, 0.1) is 0 Å². The highest BCUT2D eigenvalue weighted by Gasteiger charge is 2.40. The first-order valence-electron chi connectivity index (χ1n) is 7.17. The van der Waals surface area contributed by atoms with E-state index in [-0.39, 0.29) is 22.4 Å². The van der Waals surface area contributed by atoms with Crippen LogP contribution in [0.5, 0.6) is 0 Å². The van der Waals surface area contributed by atoms with Gasteiger partial charge >= 0.3 is 0 Å². The van der Waals surface area contributed by atoms with E-state index >= 15 is 0 Å². The summed E-state index contributed by atoms with van der Waals surface area (Å²) in [6.07, 6.45) is 0.995. The van der Waals surface area contributed by atoms with Gasteiger partial charge in [-0.3, -0.25) is 0 Å².